The molecule has 0 bridgehead atoms. The molecule has 0 saturated carbocycles. The lowest BCUT2D eigenvalue weighted by Crippen LogP contribution is -2.31. The van der Waals surface area contributed by atoms with Gasteiger partial charge in [0, 0.05) is 17.8 Å². The Bertz CT molecular complexity index is 1300. The molecule has 32 heavy (non-hydrogen) atoms. The number of hydrogen-bond donors (Lipinski definition) is 1. The Morgan fingerprint density at radius 3 is 2.84 bits per heavy atom. The first-order valence-electron chi connectivity index (χ1n) is 10.3. The van der Waals surface area contributed by atoms with Crippen LogP contribution in [0.2, 0.25) is 0 Å². The maximum atomic E-state index is 12.4. The van der Waals surface area contributed by atoms with Crippen LogP contribution < -0.4 is 5.32 Å². The maximum Gasteiger partial charge on any atom is 0.230 e. The highest BCUT2D eigenvalue weighted by molar-refractivity contribution is 8.00. The van der Waals surface area contributed by atoms with Gasteiger partial charge in [-0.15, -0.1) is 21.5 Å². The standard InChI is InChI=1S/C22H23N5O2S3/c1-22(2)9-14-15(11-29-22)32-19-17(14)18-25-26-21(27(18)20(24-19)30-3)31-12-16(28)23-10-13-7-5-4-6-8-13/h4-8H,9-12H2,1-3H3,(H,23,28). The van der Waals surface area contributed by atoms with E-state index in [1.165, 1.54) is 22.2 Å². The molecule has 4 heterocycles. The van der Waals surface area contributed by atoms with Gasteiger partial charge in [0.2, 0.25) is 5.91 Å². The number of fused-ring (bicyclic) bond motifs is 5. The normalized spacial score (nSPS) is 15.2. The molecular formula is C22H23N5O2S3. The van der Waals surface area contributed by atoms with E-state index in [0.717, 1.165) is 33.0 Å². The number of benzene rings is 1. The number of aromatic nitrogens is 4. The van der Waals surface area contributed by atoms with Crippen LogP contribution in [0.25, 0.3) is 15.9 Å². The first-order chi connectivity index (χ1) is 15.4. The summed E-state index contributed by atoms with van der Waals surface area (Å²) in [5, 5.41) is 14.5. The van der Waals surface area contributed by atoms with E-state index in [-0.39, 0.29) is 17.3 Å². The van der Waals surface area contributed by atoms with Gasteiger partial charge in [0.25, 0.3) is 0 Å². The number of hydrogen-bond acceptors (Lipinski definition) is 8. The molecular weight excluding hydrogens is 462 g/mol. The Morgan fingerprint density at radius 1 is 1.25 bits per heavy atom. The van der Waals surface area contributed by atoms with Crippen LogP contribution in [0.15, 0.2) is 40.6 Å². The highest BCUT2D eigenvalue weighted by atomic mass is 32.2. The van der Waals surface area contributed by atoms with Crippen LogP contribution in [0, 0.1) is 0 Å². The molecule has 166 valence electrons. The van der Waals surface area contributed by atoms with E-state index < -0.39 is 0 Å². The van der Waals surface area contributed by atoms with Gasteiger partial charge in [-0.2, -0.15) is 0 Å². The van der Waals surface area contributed by atoms with Crippen molar-refractivity contribution in [2.75, 3.05) is 12.0 Å². The minimum absolute atomic E-state index is 0.0397. The summed E-state index contributed by atoms with van der Waals surface area (Å²) in [5.41, 5.74) is 2.92. The van der Waals surface area contributed by atoms with Crippen molar-refractivity contribution < 1.29 is 9.53 Å². The fraction of sp³-hybridized carbons (Fsp3) is 0.364. The zero-order chi connectivity index (χ0) is 22.3. The Balaban J connectivity index is 1.42. The number of rotatable bonds is 6. The summed E-state index contributed by atoms with van der Waals surface area (Å²) in [6.45, 7) is 5.33. The summed E-state index contributed by atoms with van der Waals surface area (Å²) in [4.78, 5) is 19.5. The predicted octanol–water partition coefficient (Wildman–Crippen LogP) is 4.32. The van der Waals surface area contributed by atoms with Crippen molar-refractivity contribution in [1.29, 1.82) is 0 Å². The summed E-state index contributed by atoms with van der Waals surface area (Å²) < 4.78 is 7.98. The van der Waals surface area contributed by atoms with Crippen LogP contribution in [0.1, 0.15) is 29.9 Å². The maximum absolute atomic E-state index is 12.4. The van der Waals surface area contributed by atoms with Crippen LogP contribution in [0.3, 0.4) is 0 Å². The van der Waals surface area contributed by atoms with Crippen molar-refractivity contribution in [2.24, 2.45) is 0 Å². The molecule has 1 amide bonds. The van der Waals surface area contributed by atoms with Crippen LogP contribution >= 0.6 is 34.9 Å². The van der Waals surface area contributed by atoms with Crippen LogP contribution in [-0.4, -0.2) is 43.1 Å². The van der Waals surface area contributed by atoms with Gasteiger partial charge in [-0.05, 0) is 31.2 Å². The van der Waals surface area contributed by atoms with Crippen LogP contribution in [0.5, 0.6) is 0 Å². The quantitative estimate of drug-likeness (QED) is 0.322. The van der Waals surface area contributed by atoms with Gasteiger partial charge >= 0.3 is 0 Å². The molecule has 0 radical (unpaired) electrons. The van der Waals surface area contributed by atoms with Gasteiger partial charge in [0.15, 0.2) is 16.0 Å². The summed E-state index contributed by atoms with van der Waals surface area (Å²) in [5.74, 6) is 0.226. The smallest absolute Gasteiger partial charge is 0.230 e. The first kappa shape index (κ1) is 21.7. The van der Waals surface area contributed by atoms with E-state index in [1.807, 2.05) is 41.0 Å². The minimum atomic E-state index is -0.218. The molecule has 0 spiro atoms. The zero-order valence-electron chi connectivity index (χ0n) is 18.0. The van der Waals surface area contributed by atoms with Gasteiger partial charge in [0.05, 0.1) is 23.3 Å². The molecule has 1 aromatic carbocycles. The topological polar surface area (TPSA) is 81.4 Å². The fourth-order valence-corrected chi connectivity index (χ4v) is 6.31. The molecule has 0 fully saturated rings. The number of carbonyl (C=O) groups excluding carboxylic acids is 1. The van der Waals surface area contributed by atoms with Crippen molar-refractivity contribution in [3.8, 4) is 0 Å². The minimum Gasteiger partial charge on any atom is -0.370 e. The predicted molar refractivity (Wildman–Crippen MR) is 130 cm³/mol. The Morgan fingerprint density at radius 2 is 2.06 bits per heavy atom. The SMILES string of the molecule is CSc1nc2sc3c(c2c2nnc(SCC(=O)NCc4ccccc4)n12)CC(C)(C)OC3. The second kappa shape index (κ2) is 8.66. The lowest BCUT2D eigenvalue weighted by molar-refractivity contribution is -0.118. The van der Waals surface area contributed by atoms with Crippen molar-refractivity contribution in [2.45, 2.75) is 49.3 Å². The van der Waals surface area contributed by atoms with Crippen molar-refractivity contribution in [3.05, 3.63) is 46.3 Å². The second-order valence-electron chi connectivity index (χ2n) is 8.20. The monoisotopic (exact) mass is 485 g/mol. The van der Waals surface area contributed by atoms with E-state index in [2.05, 4.69) is 29.4 Å². The van der Waals surface area contributed by atoms with Gasteiger partial charge in [-0.25, -0.2) is 9.38 Å². The lowest BCUT2D eigenvalue weighted by Gasteiger charge is -2.30. The average Bonchev–Trinajstić information content (AvgIpc) is 3.36. The molecule has 3 aromatic heterocycles. The summed E-state index contributed by atoms with van der Waals surface area (Å²) in [6, 6.07) is 9.88. The van der Waals surface area contributed by atoms with E-state index in [4.69, 9.17) is 9.72 Å². The van der Waals surface area contributed by atoms with E-state index in [9.17, 15) is 4.79 Å². The van der Waals surface area contributed by atoms with E-state index >= 15 is 0 Å². The summed E-state index contributed by atoms with van der Waals surface area (Å²) >= 11 is 4.61. The number of nitrogens with one attached hydrogen (secondary N) is 1. The lowest BCUT2D eigenvalue weighted by atomic mass is 9.94. The molecule has 1 aliphatic rings. The molecule has 0 atom stereocenters. The molecule has 4 aromatic rings. The Kier molecular flexibility index (Phi) is 5.87. The third-order valence-corrected chi connectivity index (χ3v) is 8.03. The highest BCUT2D eigenvalue weighted by Gasteiger charge is 2.31. The third-order valence-electron chi connectivity index (χ3n) is 5.36. The molecule has 7 nitrogen and oxygen atoms in total. The highest BCUT2D eigenvalue weighted by Crippen LogP contribution is 2.41. The number of amides is 1. The molecule has 0 aliphatic carbocycles. The number of ether oxygens (including phenoxy) is 1. The van der Waals surface area contributed by atoms with Crippen molar-refractivity contribution in [1.82, 2.24) is 24.9 Å². The first-order valence-corrected chi connectivity index (χ1v) is 13.3. The van der Waals surface area contributed by atoms with E-state index in [0.29, 0.717) is 18.3 Å². The third kappa shape index (κ3) is 4.12. The number of carbonyl (C=O) groups is 1. The van der Waals surface area contributed by atoms with Crippen molar-refractivity contribution in [3.63, 3.8) is 0 Å². The Hall–Kier alpha value is -2.14. The number of thioether (sulfide) groups is 2. The number of nitrogens with zero attached hydrogens (tertiary/aromatic N) is 4. The van der Waals surface area contributed by atoms with Gasteiger partial charge in [-0.3, -0.25) is 4.79 Å². The summed E-state index contributed by atoms with van der Waals surface area (Å²) in [6.07, 6.45) is 2.81. The van der Waals surface area contributed by atoms with Crippen LogP contribution in [0.4, 0.5) is 0 Å². The number of thiophene rings is 1. The van der Waals surface area contributed by atoms with Gasteiger partial charge < -0.3 is 10.1 Å². The summed E-state index contributed by atoms with van der Waals surface area (Å²) in [7, 11) is 0. The van der Waals surface area contributed by atoms with Crippen LogP contribution in [-0.2, 0) is 29.1 Å². The average molecular weight is 486 g/mol. The van der Waals surface area contributed by atoms with Gasteiger partial charge in [0.1, 0.15) is 4.83 Å². The molecule has 5 rings (SSSR count). The second-order valence-corrected chi connectivity index (χ2v) is 11.0. The molecule has 0 saturated heterocycles. The fourth-order valence-electron chi connectivity index (χ4n) is 3.80. The Labute approximate surface area is 198 Å². The largest absolute Gasteiger partial charge is 0.370 e. The molecule has 0 unspecified atom stereocenters. The van der Waals surface area contributed by atoms with Gasteiger partial charge in [-0.1, -0.05) is 53.9 Å². The van der Waals surface area contributed by atoms with Crippen molar-refractivity contribution >= 4 is 56.6 Å². The molecule has 10 heteroatoms. The molecule has 1 N–H and O–H groups in total. The van der Waals surface area contributed by atoms with E-state index in [1.54, 1.807) is 23.1 Å². The molecule has 1 aliphatic heterocycles. The zero-order valence-corrected chi connectivity index (χ0v) is 20.5.